The van der Waals surface area contributed by atoms with E-state index < -0.39 is 0 Å². The van der Waals surface area contributed by atoms with Crippen LogP contribution in [0.4, 0.5) is 0 Å². The maximum Gasteiger partial charge on any atom is 0.141 e. The summed E-state index contributed by atoms with van der Waals surface area (Å²) in [5.41, 5.74) is 4.33. The minimum Gasteiger partial charge on any atom is -0.361 e. The molecule has 2 nitrogen and oxygen atoms in total. The summed E-state index contributed by atoms with van der Waals surface area (Å²) in [5.74, 6) is 3.34. The summed E-state index contributed by atoms with van der Waals surface area (Å²) in [7, 11) is 0. The first-order valence-corrected chi connectivity index (χ1v) is 9.63. The maximum absolute atomic E-state index is 12.9. The van der Waals surface area contributed by atoms with E-state index in [0.29, 0.717) is 29.5 Å². The molecule has 1 aromatic heterocycles. The van der Waals surface area contributed by atoms with Crippen LogP contribution in [0.2, 0.25) is 0 Å². The van der Waals surface area contributed by atoms with Crippen LogP contribution in [0.15, 0.2) is 24.4 Å². The molecule has 1 aromatic carbocycles. The smallest absolute Gasteiger partial charge is 0.141 e. The molecule has 2 saturated carbocycles. The largest absolute Gasteiger partial charge is 0.361 e. The molecule has 0 radical (unpaired) electrons. The average molecular weight is 321 g/mol. The fourth-order valence-electron chi connectivity index (χ4n) is 6.79. The number of aromatic amines is 1. The topological polar surface area (TPSA) is 32.9 Å². The van der Waals surface area contributed by atoms with Gasteiger partial charge in [0, 0.05) is 23.0 Å². The molecule has 2 heteroatoms. The number of aryl methyl sites for hydroxylation is 1. The molecule has 0 amide bonds. The summed E-state index contributed by atoms with van der Waals surface area (Å²) in [6.07, 6.45) is 6.67. The van der Waals surface area contributed by atoms with E-state index in [9.17, 15) is 4.79 Å². The fraction of sp³-hybridized carbons (Fsp3) is 0.591. The summed E-state index contributed by atoms with van der Waals surface area (Å²) in [6, 6.07) is 7.01. The van der Waals surface area contributed by atoms with Crippen LogP contribution in [-0.4, -0.2) is 10.8 Å². The van der Waals surface area contributed by atoms with Gasteiger partial charge in [0.1, 0.15) is 5.78 Å². The van der Waals surface area contributed by atoms with Crippen molar-refractivity contribution in [3.8, 4) is 0 Å². The minimum absolute atomic E-state index is 0.0598. The molecule has 5 rings (SSSR count). The standard InChI is InChI=1S/C22H27NO/c1-12-8-18-16-5-4-14-10-19-15(6-7-23-19)9-17(14)20(16)13(2)11-22(18,3)21(12)24/h6-7,9-10,12-13,16,18,20,23H,4-5,8,11H2,1-3H3/t12?,13?,16?,18?,20?,22-/m0/s1. The third kappa shape index (κ3) is 1.75. The van der Waals surface area contributed by atoms with Crippen LogP contribution in [0, 0.1) is 29.1 Å². The summed E-state index contributed by atoms with van der Waals surface area (Å²) >= 11 is 0. The zero-order valence-electron chi connectivity index (χ0n) is 14.9. The first-order valence-electron chi connectivity index (χ1n) is 9.63. The highest BCUT2D eigenvalue weighted by molar-refractivity contribution is 5.89. The van der Waals surface area contributed by atoms with Crippen LogP contribution >= 0.6 is 0 Å². The minimum atomic E-state index is -0.0598. The number of benzene rings is 1. The highest BCUT2D eigenvalue weighted by atomic mass is 16.1. The Bertz CT molecular complexity index is 834. The lowest BCUT2D eigenvalue weighted by atomic mass is 9.52. The highest BCUT2D eigenvalue weighted by Gasteiger charge is 2.58. The molecule has 0 aliphatic heterocycles. The molecule has 0 spiro atoms. The first kappa shape index (κ1) is 14.7. The van der Waals surface area contributed by atoms with Gasteiger partial charge in [-0.3, -0.25) is 4.79 Å². The van der Waals surface area contributed by atoms with Crippen molar-refractivity contribution in [3.63, 3.8) is 0 Å². The molecule has 2 aromatic rings. The Hall–Kier alpha value is -1.57. The molecule has 0 bridgehead atoms. The van der Waals surface area contributed by atoms with Crippen LogP contribution < -0.4 is 0 Å². The molecule has 5 unspecified atom stereocenters. The fourth-order valence-corrected chi connectivity index (χ4v) is 6.79. The van der Waals surface area contributed by atoms with Gasteiger partial charge in [0.2, 0.25) is 0 Å². The zero-order valence-corrected chi connectivity index (χ0v) is 14.9. The van der Waals surface area contributed by atoms with Gasteiger partial charge < -0.3 is 4.98 Å². The van der Waals surface area contributed by atoms with Crippen molar-refractivity contribution in [1.29, 1.82) is 0 Å². The van der Waals surface area contributed by atoms with Crippen molar-refractivity contribution >= 4 is 16.7 Å². The molecule has 3 aliphatic carbocycles. The van der Waals surface area contributed by atoms with Gasteiger partial charge in [0.05, 0.1) is 0 Å². The Morgan fingerprint density at radius 2 is 2.08 bits per heavy atom. The zero-order chi connectivity index (χ0) is 16.6. The molecular formula is C22H27NO. The predicted molar refractivity (Wildman–Crippen MR) is 97.0 cm³/mol. The van der Waals surface area contributed by atoms with Gasteiger partial charge in [-0.05, 0) is 84.1 Å². The molecule has 0 saturated heterocycles. The second kappa shape index (κ2) is 4.74. The lowest BCUT2D eigenvalue weighted by Gasteiger charge is -2.51. The van der Waals surface area contributed by atoms with Crippen molar-refractivity contribution < 1.29 is 4.79 Å². The Morgan fingerprint density at radius 1 is 1.25 bits per heavy atom. The van der Waals surface area contributed by atoms with Crippen molar-refractivity contribution in [1.82, 2.24) is 4.98 Å². The molecule has 3 aliphatic rings. The second-order valence-electron chi connectivity index (χ2n) is 9.05. The van der Waals surface area contributed by atoms with Crippen LogP contribution in [0.3, 0.4) is 0 Å². The Labute approximate surface area is 144 Å². The van der Waals surface area contributed by atoms with Crippen molar-refractivity contribution in [2.24, 2.45) is 29.1 Å². The molecule has 6 atom stereocenters. The monoisotopic (exact) mass is 321 g/mol. The third-order valence-corrected chi connectivity index (χ3v) is 7.69. The lowest BCUT2D eigenvalue weighted by molar-refractivity contribution is -0.133. The van der Waals surface area contributed by atoms with E-state index in [0.717, 1.165) is 12.8 Å². The Morgan fingerprint density at radius 3 is 2.92 bits per heavy atom. The molecule has 24 heavy (non-hydrogen) atoms. The van der Waals surface area contributed by atoms with Gasteiger partial charge in [0.15, 0.2) is 0 Å². The average Bonchev–Trinajstić information content (AvgIpc) is 3.09. The number of aromatic nitrogens is 1. The number of hydrogen-bond donors (Lipinski definition) is 1. The SMILES string of the molecule is CC1CC2C3CCc4cc5[nH]ccc5cc4C3C(C)C[C@]2(C)C1=O. The van der Waals surface area contributed by atoms with E-state index in [1.54, 1.807) is 11.1 Å². The summed E-state index contributed by atoms with van der Waals surface area (Å²) in [5, 5.41) is 1.34. The number of nitrogens with one attached hydrogen (secondary N) is 1. The summed E-state index contributed by atoms with van der Waals surface area (Å²) in [4.78, 5) is 16.2. The van der Waals surface area contributed by atoms with E-state index in [1.165, 1.54) is 23.7 Å². The number of Topliss-reactive ketones (excluding diaryl/α,β-unsaturated/α-hetero) is 1. The summed E-state index contributed by atoms with van der Waals surface area (Å²) in [6.45, 7) is 6.83. The van der Waals surface area contributed by atoms with Crippen molar-refractivity contribution in [2.75, 3.05) is 0 Å². The van der Waals surface area contributed by atoms with E-state index in [2.05, 4.69) is 44.0 Å². The molecular weight excluding hydrogens is 294 g/mol. The Kier molecular flexibility index (Phi) is 2.91. The van der Waals surface area contributed by atoms with Crippen LogP contribution in [0.5, 0.6) is 0 Å². The van der Waals surface area contributed by atoms with E-state index in [1.807, 2.05) is 6.20 Å². The van der Waals surface area contributed by atoms with E-state index >= 15 is 0 Å². The first-order chi connectivity index (χ1) is 11.5. The summed E-state index contributed by atoms with van der Waals surface area (Å²) < 4.78 is 0. The van der Waals surface area contributed by atoms with Crippen molar-refractivity contribution in [2.45, 2.75) is 52.4 Å². The normalized spacial score (nSPS) is 41.1. The maximum atomic E-state index is 12.9. The number of rotatable bonds is 0. The van der Waals surface area contributed by atoms with E-state index in [-0.39, 0.29) is 11.3 Å². The van der Waals surface area contributed by atoms with E-state index in [4.69, 9.17) is 0 Å². The lowest BCUT2D eigenvalue weighted by Crippen LogP contribution is -2.46. The second-order valence-corrected chi connectivity index (χ2v) is 9.05. The van der Waals surface area contributed by atoms with Gasteiger partial charge in [-0.25, -0.2) is 0 Å². The number of fused-ring (bicyclic) bond motifs is 6. The van der Waals surface area contributed by atoms with Crippen LogP contribution in [-0.2, 0) is 11.2 Å². The molecule has 1 N–H and O–H groups in total. The molecule has 126 valence electrons. The molecule has 1 heterocycles. The van der Waals surface area contributed by atoms with Gasteiger partial charge in [-0.2, -0.15) is 0 Å². The number of carbonyl (C=O) groups is 1. The number of hydrogen-bond acceptors (Lipinski definition) is 1. The van der Waals surface area contributed by atoms with Gasteiger partial charge in [-0.15, -0.1) is 0 Å². The van der Waals surface area contributed by atoms with Gasteiger partial charge in [0.25, 0.3) is 0 Å². The quantitative estimate of drug-likeness (QED) is 0.720. The number of ketones is 1. The highest BCUT2D eigenvalue weighted by Crippen LogP contribution is 2.62. The predicted octanol–water partition coefficient (Wildman–Crippen LogP) is 5.09. The van der Waals surface area contributed by atoms with Gasteiger partial charge >= 0.3 is 0 Å². The Balaban J connectivity index is 1.63. The number of carbonyl (C=O) groups excluding carboxylic acids is 1. The molecule has 2 fully saturated rings. The number of H-pyrrole nitrogens is 1. The van der Waals surface area contributed by atoms with Crippen molar-refractivity contribution in [3.05, 3.63) is 35.5 Å². The van der Waals surface area contributed by atoms with Gasteiger partial charge in [-0.1, -0.05) is 20.8 Å². The third-order valence-electron chi connectivity index (χ3n) is 7.69. The van der Waals surface area contributed by atoms with Crippen LogP contribution in [0.25, 0.3) is 10.9 Å². The van der Waals surface area contributed by atoms with Crippen LogP contribution in [0.1, 0.15) is 57.1 Å².